The van der Waals surface area contributed by atoms with Gasteiger partial charge in [-0.3, -0.25) is 9.59 Å². The van der Waals surface area contributed by atoms with Crippen LogP contribution in [0, 0.1) is 5.92 Å². The molecule has 0 saturated carbocycles. The summed E-state index contributed by atoms with van der Waals surface area (Å²) < 4.78 is 26.7. The van der Waals surface area contributed by atoms with E-state index < -0.39 is 16.1 Å². The predicted molar refractivity (Wildman–Crippen MR) is 135 cm³/mol. The van der Waals surface area contributed by atoms with Crippen LogP contribution >= 0.6 is 11.6 Å². The molecule has 0 fully saturated rings. The van der Waals surface area contributed by atoms with Gasteiger partial charge in [-0.2, -0.15) is 0 Å². The molecule has 9 heteroatoms. The summed E-state index contributed by atoms with van der Waals surface area (Å²) in [6, 6.07) is 14.7. The fourth-order valence-corrected chi connectivity index (χ4v) is 4.80. The summed E-state index contributed by atoms with van der Waals surface area (Å²) >= 11 is 6.10. The molecular weight excluding hydrogens is 474 g/mol. The first-order valence-electron chi connectivity index (χ1n) is 11.4. The molecule has 2 amide bonds. The van der Waals surface area contributed by atoms with E-state index in [1.165, 1.54) is 16.3 Å². The molecule has 0 aliphatic carbocycles. The van der Waals surface area contributed by atoms with Crippen molar-refractivity contribution in [2.75, 3.05) is 20.1 Å². The quantitative estimate of drug-likeness (QED) is 0.471. The second kappa shape index (κ2) is 12.9. The molecule has 0 aliphatic rings. The number of hydrogen-bond acceptors (Lipinski definition) is 4. The van der Waals surface area contributed by atoms with Gasteiger partial charge in [-0.1, -0.05) is 55.8 Å². The van der Waals surface area contributed by atoms with E-state index in [0.717, 1.165) is 5.56 Å². The van der Waals surface area contributed by atoms with Crippen molar-refractivity contribution in [1.29, 1.82) is 0 Å². The maximum Gasteiger partial charge on any atom is 0.242 e. The van der Waals surface area contributed by atoms with Crippen LogP contribution in [0.25, 0.3) is 0 Å². The lowest BCUT2D eigenvalue weighted by molar-refractivity contribution is -0.140. The van der Waals surface area contributed by atoms with Crippen LogP contribution in [0.5, 0.6) is 0 Å². The number of carbonyl (C=O) groups is 2. The summed E-state index contributed by atoms with van der Waals surface area (Å²) in [4.78, 5) is 27.6. The first-order valence-corrected chi connectivity index (χ1v) is 13.2. The van der Waals surface area contributed by atoms with Gasteiger partial charge in [0.2, 0.25) is 21.8 Å². The van der Waals surface area contributed by atoms with Crippen molar-refractivity contribution in [3.8, 4) is 0 Å². The van der Waals surface area contributed by atoms with Crippen LogP contribution in [0.3, 0.4) is 0 Å². The van der Waals surface area contributed by atoms with E-state index in [4.69, 9.17) is 11.6 Å². The Labute approximate surface area is 208 Å². The summed E-state index contributed by atoms with van der Waals surface area (Å²) in [6.45, 7) is 6.63. The highest BCUT2D eigenvalue weighted by Gasteiger charge is 2.27. The molecule has 0 spiro atoms. The molecule has 0 bridgehead atoms. The van der Waals surface area contributed by atoms with Gasteiger partial charge >= 0.3 is 0 Å². The molecule has 0 saturated heterocycles. The summed E-state index contributed by atoms with van der Waals surface area (Å²) in [7, 11) is -2.13. The normalized spacial score (nSPS) is 12.6. The SMILES string of the molecule is CC(C)CNC(=O)C(C)N(Cc1cccc(Cl)c1)C(=O)CCCN(C)S(=O)(=O)c1ccccc1. The minimum atomic E-state index is -3.63. The van der Waals surface area contributed by atoms with Gasteiger partial charge in [0.25, 0.3) is 0 Å². The molecule has 1 atom stereocenters. The van der Waals surface area contributed by atoms with Crippen LogP contribution in [-0.2, 0) is 26.2 Å². The molecule has 0 radical (unpaired) electrons. The smallest absolute Gasteiger partial charge is 0.242 e. The Kier molecular flexibility index (Phi) is 10.5. The van der Waals surface area contributed by atoms with E-state index in [1.54, 1.807) is 55.5 Å². The van der Waals surface area contributed by atoms with Gasteiger partial charge in [0.15, 0.2) is 0 Å². The molecule has 2 aromatic carbocycles. The van der Waals surface area contributed by atoms with Crippen molar-refractivity contribution in [3.63, 3.8) is 0 Å². The summed E-state index contributed by atoms with van der Waals surface area (Å²) in [5.74, 6) is -0.166. The minimum Gasteiger partial charge on any atom is -0.354 e. The van der Waals surface area contributed by atoms with Crippen molar-refractivity contribution in [3.05, 3.63) is 65.2 Å². The molecule has 34 heavy (non-hydrogen) atoms. The van der Waals surface area contributed by atoms with Crippen molar-refractivity contribution in [2.24, 2.45) is 5.92 Å². The summed E-state index contributed by atoms with van der Waals surface area (Å²) in [5.41, 5.74) is 0.813. The number of benzene rings is 2. The Morgan fingerprint density at radius 2 is 1.71 bits per heavy atom. The van der Waals surface area contributed by atoms with E-state index in [0.29, 0.717) is 18.0 Å². The van der Waals surface area contributed by atoms with E-state index in [2.05, 4.69) is 5.32 Å². The lowest BCUT2D eigenvalue weighted by Crippen LogP contribution is -2.48. The fraction of sp³-hybridized carbons (Fsp3) is 0.440. The molecule has 0 heterocycles. The highest BCUT2D eigenvalue weighted by Crippen LogP contribution is 2.17. The van der Waals surface area contributed by atoms with E-state index in [-0.39, 0.29) is 42.1 Å². The average Bonchev–Trinajstić information content (AvgIpc) is 2.80. The zero-order valence-electron chi connectivity index (χ0n) is 20.2. The Morgan fingerprint density at radius 1 is 1.03 bits per heavy atom. The number of nitrogens with one attached hydrogen (secondary N) is 1. The predicted octanol–water partition coefficient (Wildman–Crippen LogP) is 3.93. The average molecular weight is 508 g/mol. The highest BCUT2D eigenvalue weighted by molar-refractivity contribution is 7.89. The zero-order chi connectivity index (χ0) is 25.3. The van der Waals surface area contributed by atoms with Crippen molar-refractivity contribution in [2.45, 2.75) is 51.1 Å². The molecule has 2 aromatic rings. The van der Waals surface area contributed by atoms with Gasteiger partial charge in [0.1, 0.15) is 6.04 Å². The number of hydrogen-bond donors (Lipinski definition) is 1. The maximum atomic E-state index is 13.2. The molecular formula is C25H34ClN3O4S. The van der Waals surface area contributed by atoms with Gasteiger partial charge in [-0.15, -0.1) is 0 Å². The van der Waals surface area contributed by atoms with Crippen LogP contribution in [0.4, 0.5) is 0 Å². The topological polar surface area (TPSA) is 86.8 Å². The summed E-state index contributed by atoms with van der Waals surface area (Å²) in [6.07, 6.45) is 0.435. The van der Waals surface area contributed by atoms with Crippen LogP contribution in [-0.4, -0.2) is 55.6 Å². The van der Waals surface area contributed by atoms with Gasteiger partial charge < -0.3 is 10.2 Å². The maximum absolute atomic E-state index is 13.2. The van der Waals surface area contributed by atoms with Crippen LogP contribution in [0.2, 0.25) is 5.02 Å². The number of halogens is 1. The molecule has 186 valence electrons. The minimum absolute atomic E-state index is 0.108. The number of nitrogens with zero attached hydrogens (tertiary/aromatic N) is 2. The lowest BCUT2D eigenvalue weighted by atomic mass is 10.1. The monoisotopic (exact) mass is 507 g/mol. The van der Waals surface area contributed by atoms with E-state index in [1.807, 2.05) is 19.9 Å². The van der Waals surface area contributed by atoms with Crippen LogP contribution < -0.4 is 5.32 Å². The number of sulfonamides is 1. The Morgan fingerprint density at radius 3 is 2.32 bits per heavy atom. The van der Waals surface area contributed by atoms with Crippen LogP contribution in [0.1, 0.15) is 39.2 Å². The second-order valence-electron chi connectivity index (χ2n) is 8.71. The Balaban J connectivity index is 2.07. The number of amides is 2. The van der Waals surface area contributed by atoms with Crippen LogP contribution in [0.15, 0.2) is 59.5 Å². The standard InChI is InChI=1S/C25H34ClN3O4S/c1-19(2)17-27-25(31)20(3)29(18-21-10-8-11-22(26)16-21)24(30)14-9-15-28(4)34(32,33)23-12-6-5-7-13-23/h5-8,10-13,16,19-20H,9,14-15,17-18H2,1-4H3,(H,27,31). The van der Waals surface area contributed by atoms with Gasteiger partial charge in [-0.25, -0.2) is 12.7 Å². The zero-order valence-corrected chi connectivity index (χ0v) is 21.8. The first-order chi connectivity index (χ1) is 16.0. The summed E-state index contributed by atoms with van der Waals surface area (Å²) in [5, 5.41) is 3.43. The number of rotatable bonds is 12. The van der Waals surface area contributed by atoms with E-state index in [9.17, 15) is 18.0 Å². The lowest BCUT2D eigenvalue weighted by Gasteiger charge is -2.29. The molecule has 1 N–H and O–H groups in total. The van der Waals surface area contributed by atoms with Gasteiger partial charge in [-0.05, 0) is 49.1 Å². The Bertz CT molecular complexity index is 1060. The second-order valence-corrected chi connectivity index (χ2v) is 11.2. The Hall–Kier alpha value is -2.42. The van der Waals surface area contributed by atoms with Crippen molar-refractivity contribution >= 4 is 33.4 Å². The largest absolute Gasteiger partial charge is 0.354 e. The van der Waals surface area contributed by atoms with Gasteiger partial charge in [0.05, 0.1) is 4.90 Å². The molecule has 0 aliphatic heterocycles. The van der Waals surface area contributed by atoms with Crippen molar-refractivity contribution in [1.82, 2.24) is 14.5 Å². The third-order valence-electron chi connectivity index (χ3n) is 5.41. The van der Waals surface area contributed by atoms with E-state index >= 15 is 0 Å². The molecule has 7 nitrogen and oxygen atoms in total. The molecule has 0 aromatic heterocycles. The third kappa shape index (κ3) is 8.11. The first kappa shape index (κ1) is 27.8. The van der Waals surface area contributed by atoms with Crippen molar-refractivity contribution < 1.29 is 18.0 Å². The molecule has 1 unspecified atom stereocenters. The molecule has 2 rings (SSSR count). The number of carbonyl (C=O) groups excluding carboxylic acids is 2. The fourth-order valence-electron chi connectivity index (χ4n) is 3.36. The van der Waals surface area contributed by atoms with Gasteiger partial charge in [0, 0.05) is 38.1 Å². The highest BCUT2D eigenvalue weighted by atomic mass is 35.5. The third-order valence-corrected chi connectivity index (χ3v) is 7.52.